The zero-order chi connectivity index (χ0) is 22.2. The lowest BCUT2D eigenvalue weighted by Gasteiger charge is -2.12. The highest BCUT2D eigenvalue weighted by Gasteiger charge is 2.17. The first kappa shape index (κ1) is 23.1. The summed E-state index contributed by atoms with van der Waals surface area (Å²) in [6, 6.07) is 14.3. The molecule has 0 aliphatic heterocycles. The van der Waals surface area contributed by atoms with Crippen molar-refractivity contribution in [2.24, 2.45) is 0 Å². The van der Waals surface area contributed by atoms with E-state index in [1.54, 1.807) is 37.4 Å². The van der Waals surface area contributed by atoms with Gasteiger partial charge in [-0.15, -0.1) is 11.8 Å². The van der Waals surface area contributed by atoms with Gasteiger partial charge < -0.3 is 10.1 Å². The molecule has 0 saturated heterocycles. The van der Waals surface area contributed by atoms with Gasteiger partial charge in [-0.25, -0.2) is 0 Å². The predicted octanol–water partition coefficient (Wildman–Crippen LogP) is 5.03. The fraction of sp³-hybridized carbons (Fsp3) is 0.238. The molecule has 0 saturated carbocycles. The van der Waals surface area contributed by atoms with Crippen molar-refractivity contribution in [3.8, 4) is 5.75 Å². The number of hydrogen-bond donors (Lipinski definition) is 2. The minimum atomic E-state index is -0.351. The zero-order valence-electron chi connectivity index (χ0n) is 17.2. The Bertz CT molecular complexity index is 1060. The highest BCUT2D eigenvalue weighted by atomic mass is 32.2. The summed E-state index contributed by atoms with van der Waals surface area (Å²) < 4.78 is 9.37. The van der Waals surface area contributed by atoms with Crippen LogP contribution in [-0.2, 0) is 4.79 Å². The van der Waals surface area contributed by atoms with Crippen LogP contribution in [0.15, 0.2) is 58.6 Å². The third kappa shape index (κ3) is 6.71. The smallest absolute Gasteiger partial charge is 0.255 e. The highest BCUT2D eigenvalue weighted by molar-refractivity contribution is 8.00. The molecule has 3 rings (SSSR count). The zero-order valence-corrected chi connectivity index (χ0v) is 19.7. The number of carbonyl (C=O) groups excluding carboxylic acids is 2. The summed E-state index contributed by atoms with van der Waals surface area (Å²) in [7, 11) is 1.56. The summed E-state index contributed by atoms with van der Waals surface area (Å²) in [5.41, 5.74) is 1.15. The third-order valence-corrected chi connectivity index (χ3v) is 6.59. The fourth-order valence-electron chi connectivity index (χ4n) is 2.53. The van der Waals surface area contributed by atoms with Gasteiger partial charge in [0.25, 0.3) is 5.91 Å². The standard InChI is InChI=1S/C21H22N4O3S3/c1-4-29-21-24-20(31-25-21)23-18(26)13(2)30-17-10-6-8-15(12-17)22-19(27)14-7-5-9-16(11-14)28-3/h5-13H,4H2,1-3H3,(H,22,27)(H,23,24,25,26). The van der Waals surface area contributed by atoms with Gasteiger partial charge in [-0.3, -0.25) is 14.9 Å². The van der Waals surface area contributed by atoms with E-state index in [1.807, 2.05) is 32.0 Å². The predicted molar refractivity (Wildman–Crippen MR) is 128 cm³/mol. The molecule has 1 aromatic heterocycles. The van der Waals surface area contributed by atoms with Gasteiger partial charge in [-0.2, -0.15) is 9.36 Å². The molecule has 0 radical (unpaired) electrons. The lowest BCUT2D eigenvalue weighted by Crippen LogP contribution is -2.22. The van der Waals surface area contributed by atoms with Crippen molar-refractivity contribution in [1.82, 2.24) is 9.36 Å². The molecule has 0 aliphatic rings. The number of ether oxygens (including phenoxy) is 1. The first-order valence-corrected chi connectivity index (χ1v) is 12.1. The number of nitrogens with zero attached hydrogens (tertiary/aromatic N) is 2. The van der Waals surface area contributed by atoms with E-state index in [0.29, 0.717) is 27.3 Å². The van der Waals surface area contributed by atoms with Gasteiger partial charge in [0, 0.05) is 27.7 Å². The second-order valence-electron chi connectivity index (χ2n) is 6.28. The van der Waals surface area contributed by atoms with Crippen molar-refractivity contribution >= 4 is 57.7 Å². The number of anilines is 2. The number of nitrogens with one attached hydrogen (secondary N) is 2. The van der Waals surface area contributed by atoms with Gasteiger partial charge in [0.15, 0.2) is 0 Å². The summed E-state index contributed by atoms with van der Waals surface area (Å²) >= 11 is 4.10. The van der Waals surface area contributed by atoms with Crippen LogP contribution in [0.4, 0.5) is 10.8 Å². The van der Waals surface area contributed by atoms with E-state index in [4.69, 9.17) is 4.74 Å². The second kappa shape index (κ2) is 11.2. The topological polar surface area (TPSA) is 93.2 Å². The molecule has 1 heterocycles. The van der Waals surface area contributed by atoms with E-state index in [1.165, 1.54) is 35.1 Å². The molecular weight excluding hydrogens is 452 g/mol. The van der Waals surface area contributed by atoms with Gasteiger partial charge in [-0.05, 0) is 49.1 Å². The van der Waals surface area contributed by atoms with Crippen molar-refractivity contribution in [1.29, 1.82) is 0 Å². The van der Waals surface area contributed by atoms with E-state index >= 15 is 0 Å². The quantitative estimate of drug-likeness (QED) is 0.420. The van der Waals surface area contributed by atoms with Crippen molar-refractivity contribution in [3.05, 3.63) is 54.1 Å². The summed E-state index contributed by atoms with van der Waals surface area (Å²) in [5.74, 6) is 1.11. The van der Waals surface area contributed by atoms with Crippen molar-refractivity contribution in [3.63, 3.8) is 0 Å². The Kier molecular flexibility index (Phi) is 8.33. The monoisotopic (exact) mass is 474 g/mol. The molecule has 162 valence electrons. The summed E-state index contributed by atoms with van der Waals surface area (Å²) in [5, 5.41) is 6.50. The van der Waals surface area contributed by atoms with Crippen molar-refractivity contribution < 1.29 is 14.3 Å². The van der Waals surface area contributed by atoms with Crippen LogP contribution in [0.25, 0.3) is 0 Å². The lowest BCUT2D eigenvalue weighted by molar-refractivity contribution is -0.115. The van der Waals surface area contributed by atoms with Gasteiger partial charge in [0.1, 0.15) is 5.75 Å². The van der Waals surface area contributed by atoms with Crippen molar-refractivity contribution in [2.75, 3.05) is 23.5 Å². The molecule has 10 heteroatoms. The van der Waals surface area contributed by atoms with Crippen LogP contribution in [0, 0.1) is 0 Å². The van der Waals surface area contributed by atoms with Gasteiger partial charge in [0.2, 0.25) is 16.2 Å². The molecule has 0 spiro atoms. The van der Waals surface area contributed by atoms with Crippen LogP contribution >= 0.6 is 35.1 Å². The number of thioether (sulfide) groups is 2. The maximum atomic E-state index is 12.5. The first-order valence-electron chi connectivity index (χ1n) is 9.48. The van der Waals surface area contributed by atoms with E-state index in [2.05, 4.69) is 20.0 Å². The number of amides is 2. The Balaban J connectivity index is 1.59. The number of aromatic nitrogens is 2. The molecular formula is C21H22N4O3S3. The van der Waals surface area contributed by atoms with E-state index in [9.17, 15) is 9.59 Å². The Hall–Kier alpha value is -2.56. The molecule has 0 bridgehead atoms. The Morgan fingerprint density at radius 2 is 1.97 bits per heavy atom. The van der Waals surface area contributed by atoms with Crippen LogP contribution in [-0.4, -0.2) is 39.3 Å². The number of carbonyl (C=O) groups is 2. The molecule has 1 atom stereocenters. The molecule has 2 N–H and O–H groups in total. The van der Waals surface area contributed by atoms with E-state index < -0.39 is 0 Å². The minimum absolute atomic E-state index is 0.153. The first-order chi connectivity index (χ1) is 15.0. The molecule has 2 aromatic carbocycles. The second-order valence-corrected chi connectivity index (χ2v) is 9.68. The molecule has 7 nitrogen and oxygen atoms in total. The van der Waals surface area contributed by atoms with Crippen LogP contribution in [0.3, 0.4) is 0 Å². The lowest BCUT2D eigenvalue weighted by atomic mass is 10.2. The van der Waals surface area contributed by atoms with Gasteiger partial charge in [-0.1, -0.05) is 30.8 Å². The number of methoxy groups -OCH3 is 1. The summed E-state index contributed by atoms with van der Waals surface area (Å²) in [6.45, 7) is 3.85. The maximum Gasteiger partial charge on any atom is 0.255 e. The Morgan fingerprint density at radius 3 is 2.74 bits per heavy atom. The van der Waals surface area contributed by atoms with Crippen LogP contribution in [0.1, 0.15) is 24.2 Å². The molecule has 2 amide bonds. The largest absolute Gasteiger partial charge is 0.497 e. The van der Waals surface area contributed by atoms with E-state index in [-0.39, 0.29) is 17.1 Å². The molecule has 0 aliphatic carbocycles. The average molecular weight is 475 g/mol. The minimum Gasteiger partial charge on any atom is -0.497 e. The maximum absolute atomic E-state index is 12.5. The SMILES string of the molecule is CCSc1nsc(NC(=O)C(C)Sc2cccc(NC(=O)c3cccc(OC)c3)c2)n1. The number of hydrogen-bond acceptors (Lipinski definition) is 8. The van der Waals surface area contributed by atoms with Gasteiger partial charge in [0.05, 0.1) is 12.4 Å². The van der Waals surface area contributed by atoms with Crippen LogP contribution < -0.4 is 15.4 Å². The molecule has 0 fully saturated rings. The fourth-order valence-corrected chi connectivity index (χ4v) is 4.73. The molecule has 31 heavy (non-hydrogen) atoms. The normalized spacial score (nSPS) is 11.6. The molecule has 3 aromatic rings. The van der Waals surface area contributed by atoms with Crippen LogP contribution in [0.5, 0.6) is 5.75 Å². The highest BCUT2D eigenvalue weighted by Crippen LogP contribution is 2.27. The number of rotatable bonds is 9. The van der Waals surface area contributed by atoms with Crippen LogP contribution in [0.2, 0.25) is 0 Å². The van der Waals surface area contributed by atoms with Crippen molar-refractivity contribution in [2.45, 2.75) is 29.1 Å². The Labute approximate surface area is 193 Å². The van der Waals surface area contributed by atoms with E-state index in [0.717, 1.165) is 10.6 Å². The summed E-state index contributed by atoms with van der Waals surface area (Å²) in [6.07, 6.45) is 0. The Morgan fingerprint density at radius 1 is 1.16 bits per heavy atom. The molecule has 1 unspecified atom stereocenters. The third-order valence-electron chi connectivity index (χ3n) is 4.02. The number of benzene rings is 2. The average Bonchev–Trinajstić information content (AvgIpc) is 3.21. The van der Waals surface area contributed by atoms with Gasteiger partial charge >= 0.3 is 0 Å². The summed E-state index contributed by atoms with van der Waals surface area (Å²) in [4.78, 5) is 30.2.